The molecule has 1 aromatic carbocycles. The van der Waals surface area contributed by atoms with Crippen LogP contribution in [0.1, 0.15) is 41.6 Å². The number of anilines is 1. The summed E-state index contributed by atoms with van der Waals surface area (Å²) in [5.41, 5.74) is 2.11. The molecule has 0 aliphatic carbocycles. The van der Waals surface area contributed by atoms with Crippen LogP contribution in [0.4, 0.5) is 5.69 Å². The van der Waals surface area contributed by atoms with E-state index in [0.29, 0.717) is 17.7 Å². The number of likely N-dealkylation sites (tertiary alicyclic amines) is 1. The van der Waals surface area contributed by atoms with Crippen LogP contribution in [-0.4, -0.2) is 43.4 Å². The minimum Gasteiger partial charge on any atom is -0.355 e. The minimum absolute atomic E-state index is 0.00253. The zero-order chi connectivity index (χ0) is 15.9. The van der Waals surface area contributed by atoms with Crippen molar-refractivity contribution in [1.82, 2.24) is 10.2 Å². The first-order valence-electron chi connectivity index (χ1n) is 7.95. The standard InChI is InChI=1S/C17H25N3O2/c1-13-14(17(22)18-2)7-6-8-15(13)19-16(21)9-12-20-10-4-3-5-11-20/h6-8H,3-5,9-12H2,1-2H3,(H,18,22)(H,19,21). The van der Waals surface area contributed by atoms with E-state index in [4.69, 9.17) is 0 Å². The monoisotopic (exact) mass is 303 g/mol. The molecule has 5 nitrogen and oxygen atoms in total. The van der Waals surface area contributed by atoms with Gasteiger partial charge in [-0.3, -0.25) is 9.59 Å². The predicted molar refractivity (Wildman–Crippen MR) is 88.1 cm³/mol. The number of benzene rings is 1. The molecule has 0 radical (unpaired) electrons. The third-order valence-electron chi connectivity index (χ3n) is 4.18. The number of carbonyl (C=O) groups excluding carboxylic acids is 2. The molecule has 0 unspecified atom stereocenters. The van der Waals surface area contributed by atoms with Crippen molar-refractivity contribution in [3.63, 3.8) is 0 Å². The van der Waals surface area contributed by atoms with Crippen LogP contribution in [0.15, 0.2) is 18.2 Å². The Kier molecular flexibility index (Phi) is 5.95. The second kappa shape index (κ2) is 7.94. The van der Waals surface area contributed by atoms with Crippen molar-refractivity contribution in [2.24, 2.45) is 0 Å². The second-order valence-corrected chi connectivity index (χ2v) is 5.76. The van der Waals surface area contributed by atoms with Gasteiger partial charge in [0.05, 0.1) is 0 Å². The van der Waals surface area contributed by atoms with Crippen LogP contribution in [0.2, 0.25) is 0 Å². The topological polar surface area (TPSA) is 61.4 Å². The molecule has 0 saturated carbocycles. The lowest BCUT2D eigenvalue weighted by Crippen LogP contribution is -2.32. The van der Waals surface area contributed by atoms with Gasteiger partial charge in [-0.2, -0.15) is 0 Å². The number of nitrogens with zero attached hydrogens (tertiary/aromatic N) is 1. The number of rotatable bonds is 5. The van der Waals surface area contributed by atoms with Crippen LogP contribution in [0, 0.1) is 6.92 Å². The summed E-state index contributed by atoms with van der Waals surface area (Å²) in [6, 6.07) is 5.38. The lowest BCUT2D eigenvalue weighted by Gasteiger charge is -2.26. The summed E-state index contributed by atoms with van der Waals surface area (Å²) in [6.07, 6.45) is 4.25. The van der Waals surface area contributed by atoms with E-state index in [-0.39, 0.29) is 11.8 Å². The molecule has 0 aromatic heterocycles. The molecule has 1 fully saturated rings. The first-order valence-corrected chi connectivity index (χ1v) is 7.95. The highest BCUT2D eigenvalue weighted by Crippen LogP contribution is 2.19. The first-order chi connectivity index (χ1) is 10.6. The van der Waals surface area contributed by atoms with Gasteiger partial charge in [-0.05, 0) is 50.6 Å². The maximum Gasteiger partial charge on any atom is 0.251 e. The Morgan fingerprint density at radius 3 is 2.59 bits per heavy atom. The van der Waals surface area contributed by atoms with E-state index in [1.54, 1.807) is 19.2 Å². The van der Waals surface area contributed by atoms with E-state index in [9.17, 15) is 9.59 Å². The average Bonchev–Trinajstić information content (AvgIpc) is 2.55. The smallest absolute Gasteiger partial charge is 0.251 e. The molecular formula is C17H25N3O2. The number of carbonyl (C=O) groups is 2. The summed E-state index contributed by atoms with van der Waals surface area (Å²) in [5, 5.41) is 5.54. The summed E-state index contributed by atoms with van der Waals surface area (Å²) >= 11 is 0. The Hall–Kier alpha value is -1.88. The van der Waals surface area contributed by atoms with Crippen molar-refractivity contribution in [3.8, 4) is 0 Å². The quantitative estimate of drug-likeness (QED) is 0.876. The molecule has 1 aliphatic rings. The zero-order valence-corrected chi connectivity index (χ0v) is 13.4. The van der Waals surface area contributed by atoms with Crippen molar-refractivity contribution in [2.45, 2.75) is 32.6 Å². The van der Waals surface area contributed by atoms with Crippen molar-refractivity contribution in [2.75, 3.05) is 32.0 Å². The van der Waals surface area contributed by atoms with Gasteiger partial charge in [0.15, 0.2) is 0 Å². The fourth-order valence-electron chi connectivity index (χ4n) is 2.81. The number of hydrogen-bond donors (Lipinski definition) is 2. The van der Waals surface area contributed by atoms with Crippen LogP contribution in [0.3, 0.4) is 0 Å². The van der Waals surface area contributed by atoms with Gasteiger partial charge in [0, 0.05) is 31.3 Å². The van der Waals surface area contributed by atoms with Gasteiger partial charge in [-0.25, -0.2) is 0 Å². The van der Waals surface area contributed by atoms with Crippen LogP contribution >= 0.6 is 0 Å². The summed E-state index contributed by atoms with van der Waals surface area (Å²) in [7, 11) is 1.60. The highest BCUT2D eigenvalue weighted by molar-refractivity contribution is 5.99. The van der Waals surface area contributed by atoms with Gasteiger partial charge < -0.3 is 15.5 Å². The fraction of sp³-hybridized carbons (Fsp3) is 0.529. The molecule has 120 valence electrons. The Balaban J connectivity index is 1.92. The zero-order valence-electron chi connectivity index (χ0n) is 13.4. The summed E-state index contributed by atoms with van der Waals surface area (Å²) in [4.78, 5) is 26.2. The maximum absolute atomic E-state index is 12.1. The normalized spacial score (nSPS) is 15.4. The van der Waals surface area contributed by atoms with Crippen LogP contribution in [0.25, 0.3) is 0 Å². The molecular weight excluding hydrogens is 278 g/mol. The number of amides is 2. The predicted octanol–water partition coefficient (Wildman–Crippen LogP) is 2.17. The van der Waals surface area contributed by atoms with Gasteiger partial charge >= 0.3 is 0 Å². The number of nitrogens with one attached hydrogen (secondary N) is 2. The van der Waals surface area contributed by atoms with Gasteiger partial charge in [-0.15, -0.1) is 0 Å². The van der Waals surface area contributed by atoms with Gasteiger partial charge in [0.25, 0.3) is 5.91 Å². The molecule has 22 heavy (non-hydrogen) atoms. The summed E-state index contributed by atoms with van der Waals surface area (Å²) in [5.74, 6) is -0.135. The molecule has 2 N–H and O–H groups in total. The van der Waals surface area contributed by atoms with Crippen molar-refractivity contribution >= 4 is 17.5 Å². The molecule has 0 atom stereocenters. The van der Waals surface area contributed by atoms with E-state index >= 15 is 0 Å². The Bertz CT molecular complexity index is 537. The third kappa shape index (κ3) is 4.31. The van der Waals surface area contributed by atoms with Crippen molar-refractivity contribution < 1.29 is 9.59 Å². The van der Waals surface area contributed by atoms with Crippen LogP contribution < -0.4 is 10.6 Å². The number of piperidine rings is 1. The Morgan fingerprint density at radius 1 is 1.18 bits per heavy atom. The van der Waals surface area contributed by atoms with Gasteiger partial charge in [0.1, 0.15) is 0 Å². The van der Waals surface area contributed by atoms with Crippen molar-refractivity contribution in [1.29, 1.82) is 0 Å². The minimum atomic E-state index is -0.137. The van der Waals surface area contributed by atoms with Gasteiger partial charge in [-0.1, -0.05) is 12.5 Å². The van der Waals surface area contributed by atoms with Crippen LogP contribution in [0.5, 0.6) is 0 Å². The third-order valence-corrected chi connectivity index (χ3v) is 4.18. The highest BCUT2D eigenvalue weighted by atomic mass is 16.2. The van der Waals surface area contributed by atoms with E-state index < -0.39 is 0 Å². The summed E-state index contributed by atoms with van der Waals surface area (Å²) in [6.45, 7) is 4.85. The maximum atomic E-state index is 12.1. The van der Waals surface area contributed by atoms with E-state index in [0.717, 1.165) is 25.2 Å². The van der Waals surface area contributed by atoms with Crippen LogP contribution in [-0.2, 0) is 4.79 Å². The number of hydrogen-bond acceptors (Lipinski definition) is 3. The Morgan fingerprint density at radius 2 is 1.91 bits per heavy atom. The lowest BCUT2D eigenvalue weighted by atomic mass is 10.1. The molecule has 1 aromatic rings. The summed E-state index contributed by atoms with van der Waals surface area (Å²) < 4.78 is 0. The first kappa shape index (κ1) is 16.5. The molecule has 2 rings (SSSR count). The fourth-order valence-corrected chi connectivity index (χ4v) is 2.81. The second-order valence-electron chi connectivity index (χ2n) is 5.76. The Labute approximate surface area is 132 Å². The van der Waals surface area contributed by atoms with Gasteiger partial charge in [0.2, 0.25) is 5.91 Å². The van der Waals surface area contributed by atoms with Crippen molar-refractivity contribution in [3.05, 3.63) is 29.3 Å². The van der Waals surface area contributed by atoms with E-state index in [1.807, 2.05) is 13.0 Å². The largest absolute Gasteiger partial charge is 0.355 e. The molecule has 0 spiro atoms. The lowest BCUT2D eigenvalue weighted by molar-refractivity contribution is -0.116. The average molecular weight is 303 g/mol. The molecule has 1 heterocycles. The molecule has 2 amide bonds. The molecule has 1 saturated heterocycles. The molecule has 0 bridgehead atoms. The molecule has 1 aliphatic heterocycles. The molecule has 5 heteroatoms. The van der Waals surface area contributed by atoms with E-state index in [2.05, 4.69) is 15.5 Å². The SMILES string of the molecule is CNC(=O)c1cccc(NC(=O)CCN2CCCCC2)c1C. The highest BCUT2D eigenvalue weighted by Gasteiger charge is 2.14. The van der Waals surface area contributed by atoms with E-state index in [1.165, 1.54) is 19.3 Å².